The summed E-state index contributed by atoms with van der Waals surface area (Å²) in [4.78, 5) is 47.4. The number of benzene rings is 1. The predicted molar refractivity (Wildman–Crippen MR) is 136 cm³/mol. The molecule has 0 atom stereocenters. The molecule has 2 fully saturated rings. The molecule has 1 saturated heterocycles. The Bertz CT molecular complexity index is 1360. The van der Waals surface area contributed by atoms with E-state index < -0.39 is 5.69 Å². The third kappa shape index (κ3) is 4.49. The second-order valence-electron chi connectivity index (χ2n) is 9.72. The summed E-state index contributed by atoms with van der Waals surface area (Å²) in [7, 11) is 3.12. The van der Waals surface area contributed by atoms with E-state index >= 15 is 0 Å². The molecule has 0 bridgehead atoms. The van der Waals surface area contributed by atoms with Gasteiger partial charge in [0, 0.05) is 51.7 Å². The summed E-state index contributed by atoms with van der Waals surface area (Å²) in [6, 6.07) is 7.48. The van der Waals surface area contributed by atoms with E-state index in [1.165, 1.54) is 24.5 Å². The highest BCUT2D eigenvalue weighted by Crippen LogP contribution is 2.29. The molecule has 0 spiro atoms. The standard InChI is InChI=1S/C25H31ClN6O3/c1-28-22-21(23(34)29(2)25(28)35)32(16-18-7-9-19(26)10-8-18)24(27-22)31-13-11-30(12-14-31)20(33)15-17-5-3-4-6-17/h7-10,17H,3-6,11-16H2,1-2H3. The topological polar surface area (TPSA) is 85.4 Å². The van der Waals surface area contributed by atoms with E-state index in [-0.39, 0.29) is 11.5 Å². The van der Waals surface area contributed by atoms with Gasteiger partial charge in [-0.15, -0.1) is 0 Å². The molecule has 1 aromatic carbocycles. The van der Waals surface area contributed by atoms with Gasteiger partial charge in [0.05, 0.1) is 6.54 Å². The first-order valence-corrected chi connectivity index (χ1v) is 12.6. The van der Waals surface area contributed by atoms with E-state index in [4.69, 9.17) is 16.6 Å². The molecule has 3 heterocycles. The molecule has 2 aliphatic rings. The summed E-state index contributed by atoms with van der Waals surface area (Å²) in [5, 5.41) is 0.640. The predicted octanol–water partition coefficient (Wildman–Crippen LogP) is 2.36. The fourth-order valence-corrected chi connectivity index (χ4v) is 5.47. The van der Waals surface area contributed by atoms with Crippen LogP contribution in [0.4, 0.5) is 5.95 Å². The largest absolute Gasteiger partial charge is 0.339 e. The van der Waals surface area contributed by atoms with Crippen LogP contribution in [0.2, 0.25) is 5.02 Å². The van der Waals surface area contributed by atoms with Crippen molar-refractivity contribution >= 4 is 34.6 Å². The van der Waals surface area contributed by atoms with E-state index in [2.05, 4.69) is 4.90 Å². The number of aromatic nitrogens is 4. The average Bonchev–Trinajstić information content (AvgIpc) is 3.51. The summed E-state index contributed by atoms with van der Waals surface area (Å²) in [5.41, 5.74) is 0.936. The Hall–Kier alpha value is -3.07. The number of piperazine rings is 1. The smallest absolute Gasteiger partial charge is 0.332 e. The van der Waals surface area contributed by atoms with Gasteiger partial charge in [0.1, 0.15) is 0 Å². The van der Waals surface area contributed by atoms with Crippen molar-refractivity contribution in [1.82, 2.24) is 23.6 Å². The van der Waals surface area contributed by atoms with Gasteiger partial charge in [-0.25, -0.2) is 4.79 Å². The Morgan fingerprint density at radius 1 is 1.00 bits per heavy atom. The lowest BCUT2D eigenvalue weighted by Crippen LogP contribution is -2.49. The van der Waals surface area contributed by atoms with Crippen molar-refractivity contribution in [2.45, 2.75) is 38.6 Å². The molecule has 1 amide bonds. The maximum Gasteiger partial charge on any atom is 0.332 e. The Morgan fingerprint density at radius 2 is 1.66 bits per heavy atom. The highest BCUT2D eigenvalue weighted by Gasteiger charge is 2.28. The molecular weight excluding hydrogens is 468 g/mol. The molecule has 10 heteroatoms. The van der Waals surface area contributed by atoms with Crippen LogP contribution < -0.4 is 16.1 Å². The van der Waals surface area contributed by atoms with Crippen molar-refractivity contribution in [2.75, 3.05) is 31.1 Å². The summed E-state index contributed by atoms with van der Waals surface area (Å²) >= 11 is 6.07. The monoisotopic (exact) mass is 498 g/mol. The minimum absolute atomic E-state index is 0.238. The van der Waals surface area contributed by atoms with Crippen LogP contribution in [0.1, 0.15) is 37.7 Å². The van der Waals surface area contributed by atoms with Crippen molar-refractivity contribution in [1.29, 1.82) is 0 Å². The van der Waals surface area contributed by atoms with Crippen LogP contribution >= 0.6 is 11.6 Å². The van der Waals surface area contributed by atoms with E-state index in [0.29, 0.717) is 67.2 Å². The van der Waals surface area contributed by atoms with Gasteiger partial charge in [-0.05, 0) is 36.5 Å². The van der Waals surface area contributed by atoms with Crippen LogP contribution in [0.3, 0.4) is 0 Å². The molecule has 0 unspecified atom stereocenters. The van der Waals surface area contributed by atoms with Crippen molar-refractivity contribution < 1.29 is 4.79 Å². The lowest BCUT2D eigenvalue weighted by atomic mass is 10.0. The maximum absolute atomic E-state index is 13.2. The van der Waals surface area contributed by atoms with E-state index in [9.17, 15) is 14.4 Å². The first kappa shape index (κ1) is 23.7. The Labute approximate surface area is 208 Å². The zero-order valence-corrected chi connectivity index (χ0v) is 21.0. The van der Waals surface area contributed by atoms with Gasteiger partial charge in [-0.1, -0.05) is 36.6 Å². The quantitative estimate of drug-likeness (QED) is 0.539. The molecule has 9 nitrogen and oxygen atoms in total. The lowest BCUT2D eigenvalue weighted by molar-refractivity contribution is -0.132. The molecule has 0 radical (unpaired) electrons. The Balaban J connectivity index is 1.46. The summed E-state index contributed by atoms with van der Waals surface area (Å²) in [5.74, 6) is 1.40. The SMILES string of the molecule is Cn1c(=O)c2c(nc(N3CCN(C(=O)CC4CCCC4)CC3)n2Cc2ccc(Cl)cc2)n(C)c1=O. The van der Waals surface area contributed by atoms with Crippen molar-refractivity contribution in [3.63, 3.8) is 0 Å². The number of halogens is 1. The molecule has 1 saturated carbocycles. The van der Waals surface area contributed by atoms with Gasteiger partial charge in [-0.2, -0.15) is 4.98 Å². The molecule has 5 rings (SSSR count). The molecule has 2 aromatic heterocycles. The molecule has 1 aliphatic heterocycles. The third-order valence-corrected chi connectivity index (χ3v) is 7.69. The van der Waals surface area contributed by atoms with Gasteiger partial charge in [0.25, 0.3) is 5.56 Å². The first-order chi connectivity index (χ1) is 16.8. The number of carbonyl (C=O) groups excluding carboxylic acids is 1. The molecule has 35 heavy (non-hydrogen) atoms. The van der Waals surface area contributed by atoms with Crippen LogP contribution in [0.25, 0.3) is 11.2 Å². The van der Waals surface area contributed by atoms with Crippen molar-refractivity contribution in [2.24, 2.45) is 20.0 Å². The number of imidazole rings is 1. The number of rotatable bonds is 5. The van der Waals surface area contributed by atoms with Gasteiger partial charge >= 0.3 is 5.69 Å². The Kier molecular flexibility index (Phi) is 6.44. The number of anilines is 1. The number of aryl methyl sites for hydroxylation is 1. The fraction of sp³-hybridized carbons (Fsp3) is 0.520. The summed E-state index contributed by atoms with van der Waals surface area (Å²) in [6.07, 6.45) is 5.44. The number of hydrogen-bond donors (Lipinski definition) is 0. The van der Waals surface area contributed by atoms with Crippen LogP contribution in [0, 0.1) is 5.92 Å². The fourth-order valence-electron chi connectivity index (χ4n) is 5.34. The summed E-state index contributed by atoms with van der Waals surface area (Å²) in [6.45, 7) is 2.89. The van der Waals surface area contributed by atoms with Crippen LogP contribution in [0.15, 0.2) is 33.9 Å². The van der Waals surface area contributed by atoms with Crippen LogP contribution in [-0.2, 0) is 25.4 Å². The van der Waals surface area contributed by atoms with E-state index in [0.717, 1.165) is 23.0 Å². The molecule has 1 aliphatic carbocycles. The van der Waals surface area contributed by atoms with E-state index in [1.54, 1.807) is 7.05 Å². The highest BCUT2D eigenvalue weighted by atomic mass is 35.5. The number of hydrogen-bond acceptors (Lipinski definition) is 5. The second kappa shape index (κ2) is 9.53. The van der Waals surface area contributed by atoms with Gasteiger partial charge in [-0.3, -0.25) is 23.3 Å². The first-order valence-electron chi connectivity index (χ1n) is 12.3. The van der Waals surface area contributed by atoms with Gasteiger partial charge < -0.3 is 9.80 Å². The van der Waals surface area contributed by atoms with E-state index in [1.807, 2.05) is 33.7 Å². The summed E-state index contributed by atoms with van der Waals surface area (Å²) < 4.78 is 4.42. The second-order valence-corrected chi connectivity index (χ2v) is 10.2. The lowest BCUT2D eigenvalue weighted by Gasteiger charge is -2.36. The normalized spacial score (nSPS) is 17.0. The average molecular weight is 499 g/mol. The number of nitrogens with zero attached hydrogens (tertiary/aromatic N) is 6. The van der Waals surface area contributed by atoms with Gasteiger partial charge in [0.2, 0.25) is 11.9 Å². The molecule has 3 aromatic rings. The van der Waals surface area contributed by atoms with Crippen molar-refractivity contribution in [3.05, 3.63) is 55.7 Å². The minimum atomic E-state index is -0.410. The third-order valence-electron chi connectivity index (χ3n) is 7.44. The molecule has 186 valence electrons. The van der Waals surface area contributed by atoms with Crippen LogP contribution in [0.5, 0.6) is 0 Å². The highest BCUT2D eigenvalue weighted by molar-refractivity contribution is 6.30. The Morgan fingerprint density at radius 3 is 2.31 bits per heavy atom. The maximum atomic E-state index is 13.2. The van der Waals surface area contributed by atoms with Crippen LogP contribution in [-0.4, -0.2) is 55.7 Å². The number of fused-ring (bicyclic) bond motifs is 1. The number of carbonyl (C=O) groups is 1. The molecule has 0 N–H and O–H groups in total. The van der Waals surface area contributed by atoms with Crippen molar-refractivity contribution in [3.8, 4) is 0 Å². The molecular formula is C25H31ClN6O3. The number of amides is 1. The van der Waals surface area contributed by atoms with Gasteiger partial charge in [0.15, 0.2) is 11.2 Å². The zero-order valence-electron chi connectivity index (χ0n) is 20.2. The zero-order chi connectivity index (χ0) is 24.7. The minimum Gasteiger partial charge on any atom is -0.339 e.